The summed E-state index contributed by atoms with van der Waals surface area (Å²) in [6, 6.07) is 10.9. The number of benzene rings is 2. The van der Waals surface area contributed by atoms with Crippen LogP contribution in [0.2, 0.25) is 0 Å². The Hall–Kier alpha value is -2.58. The standard InChI is InChI=1S/C18H18F2N2O4.ClH/c1-22(17(23)16(21)11-5-3-2-4-6-11)9-12-7-14-15(25-10-24-14)8-13(12)26-18(19)20;/h2-8,16,18H,9-10,21H2,1H3;1H. The van der Waals surface area contributed by atoms with Crippen LogP contribution in [0.3, 0.4) is 0 Å². The molecule has 27 heavy (non-hydrogen) atoms. The summed E-state index contributed by atoms with van der Waals surface area (Å²) in [5.74, 6) is 0.309. The summed E-state index contributed by atoms with van der Waals surface area (Å²) in [6.45, 7) is -2.97. The summed E-state index contributed by atoms with van der Waals surface area (Å²) in [4.78, 5) is 13.9. The van der Waals surface area contributed by atoms with E-state index in [4.69, 9.17) is 15.2 Å². The maximum atomic E-state index is 12.7. The highest BCUT2D eigenvalue weighted by Gasteiger charge is 2.24. The second kappa shape index (κ2) is 8.88. The molecule has 1 aliphatic rings. The van der Waals surface area contributed by atoms with Gasteiger partial charge in [0, 0.05) is 25.2 Å². The molecule has 1 unspecified atom stereocenters. The Kier molecular flexibility index (Phi) is 6.81. The number of nitrogens with two attached hydrogens (primary N) is 1. The number of fused-ring (bicyclic) bond motifs is 1. The van der Waals surface area contributed by atoms with Crippen LogP contribution in [0, 0.1) is 0 Å². The molecule has 2 N–H and O–H groups in total. The van der Waals surface area contributed by atoms with Crippen molar-refractivity contribution in [2.24, 2.45) is 5.73 Å². The SMILES string of the molecule is CN(Cc1cc2c(cc1OC(F)F)OCO2)C(=O)C(N)c1ccccc1.Cl. The molecule has 0 saturated carbocycles. The van der Waals surface area contributed by atoms with Gasteiger partial charge in [0.1, 0.15) is 11.8 Å². The molecule has 146 valence electrons. The molecule has 3 rings (SSSR count). The molecular formula is C18H19ClF2N2O4. The van der Waals surface area contributed by atoms with Gasteiger partial charge in [-0.2, -0.15) is 8.78 Å². The highest BCUT2D eigenvalue weighted by molar-refractivity contribution is 5.85. The van der Waals surface area contributed by atoms with Crippen molar-refractivity contribution < 1.29 is 27.8 Å². The molecule has 1 atom stereocenters. The molecule has 0 fully saturated rings. The van der Waals surface area contributed by atoms with Gasteiger partial charge in [-0.15, -0.1) is 12.4 Å². The monoisotopic (exact) mass is 400 g/mol. The predicted molar refractivity (Wildman–Crippen MR) is 96.3 cm³/mol. The van der Waals surface area contributed by atoms with Crippen LogP contribution in [-0.4, -0.2) is 31.3 Å². The van der Waals surface area contributed by atoms with E-state index < -0.39 is 12.7 Å². The molecule has 1 heterocycles. The van der Waals surface area contributed by atoms with E-state index in [1.807, 2.05) is 6.07 Å². The molecule has 1 amide bonds. The third kappa shape index (κ3) is 4.78. The minimum atomic E-state index is -3.00. The lowest BCUT2D eigenvalue weighted by Gasteiger charge is -2.23. The van der Waals surface area contributed by atoms with Crippen LogP contribution in [0.15, 0.2) is 42.5 Å². The average Bonchev–Trinajstić information content (AvgIpc) is 3.08. The highest BCUT2D eigenvalue weighted by atomic mass is 35.5. The third-order valence-electron chi connectivity index (χ3n) is 3.98. The number of ether oxygens (including phenoxy) is 3. The summed E-state index contributed by atoms with van der Waals surface area (Å²) in [5.41, 5.74) is 7.05. The molecular weight excluding hydrogens is 382 g/mol. The van der Waals surface area contributed by atoms with E-state index in [9.17, 15) is 13.6 Å². The van der Waals surface area contributed by atoms with Crippen LogP contribution in [0.4, 0.5) is 8.78 Å². The van der Waals surface area contributed by atoms with Gasteiger partial charge in [-0.1, -0.05) is 30.3 Å². The van der Waals surface area contributed by atoms with Crippen LogP contribution in [0.5, 0.6) is 17.2 Å². The Morgan fingerprint density at radius 2 is 1.85 bits per heavy atom. The molecule has 0 radical (unpaired) electrons. The predicted octanol–water partition coefficient (Wildman–Crippen LogP) is 3.10. The van der Waals surface area contributed by atoms with Crippen molar-refractivity contribution >= 4 is 18.3 Å². The number of carbonyl (C=O) groups excluding carboxylic acids is 1. The van der Waals surface area contributed by atoms with Crippen molar-refractivity contribution in [3.8, 4) is 17.2 Å². The van der Waals surface area contributed by atoms with Crippen molar-refractivity contribution in [1.82, 2.24) is 4.90 Å². The van der Waals surface area contributed by atoms with Crippen LogP contribution < -0.4 is 19.9 Å². The van der Waals surface area contributed by atoms with E-state index >= 15 is 0 Å². The van der Waals surface area contributed by atoms with Crippen molar-refractivity contribution in [2.45, 2.75) is 19.2 Å². The Morgan fingerprint density at radius 3 is 2.48 bits per heavy atom. The number of halogens is 3. The minimum absolute atomic E-state index is 0. The van der Waals surface area contributed by atoms with Gasteiger partial charge >= 0.3 is 6.61 Å². The number of rotatable bonds is 6. The van der Waals surface area contributed by atoms with Crippen LogP contribution in [-0.2, 0) is 11.3 Å². The second-order valence-corrected chi connectivity index (χ2v) is 5.77. The quantitative estimate of drug-likeness (QED) is 0.806. The normalized spacial score (nSPS) is 13.1. The first kappa shape index (κ1) is 20.7. The molecule has 9 heteroatoms. The number of alkyl halides is 2. The second-order valence-electron chi connectivity index (χ2n) is 5.77. The maximum Gasteiger partial charge on any atom is 0.387 e. The number of hydrogen-bond acceptors (Lipinski definition) is 5. The van der Waals surface area contributed by atoms with Gasteiger partial charge in [0.2, 0.25) is 12.7 Å². The number of hydrogen-bond donors (Lipinski definition) is 1. The molecule has 0 aromatic heterocycles. The topological polar surface area (TPSA) is 74.0 Å². The van der Waals surface area contributed by atoms with E-state index in [1.165, 1.54) is 17.0 Å². The van der Waals surface area contributed by atoms with Gasteiger partial charge in [-0.3, -0.25) is 4.79 Å². The first-order chi connectivity index (χ1) is 12.5. The Balaban J connectivity index is 0.00000261. The first-order valence-electron chi connectivity index (χ1n) is 7.88. The van der Waals surface area contributed by atoms with Gasteiger partial charge in [0.25, 0.3) is 0 Å². The molecule has 0 bridgehead atoms. The molecule has 6 nitrogen and oxygen atoms in total. The minimum Gasteiger partial charge on any atom is -0.454 e. The van der Waals surface area contributed by atoms with Crippen molar-refractivity contribution in [3.63, 3.8) is 0 Å². The Labute approximate surface area is 161 Å². The van der Waals surface area contributed by atoms with Crippen molar-refractivity contribution in [2.75, 3.05) is 13.8 Å². The molecule has 0 aliphatic carbocycles. The summed E-state index contributed by atoms with van der Waals surface area (Å²) >= 11 is 0. The largest absolute Gasteiger partial charge is 0.454 e. The van der Waals surface area contributed by atoms with Crippen molar-refractivity contribution in [3.05, 3.63) is 53.6 Å². The van der Waals surface area contributed by atoms with Gasteiger partial charge in [0.05, 0.1) is 0 Å². The van der Waals surface area contributed by atoms with Gasteiger partial charge in [0.15, 0.2) is 11.5 Å². The summed E-state index contributed by atoms with van der Waals surface area (Å²) in [6.07, 6.45) is 0. The zero-order valence-corrected chi connectivity index (χ0v) is 15.2. The third-order valence-corrected chi connectivity index (χ3v) is 3.98. The van der Waals surface area contributed by atoms with Crippen LogP contribution >= 0.6 is 12.4 Å². The zero-order chi connectivity index (χ0) is 18.7. The van der Waals surface area contributed by atoms with Crippen LogP contribution in [0.1, 0.15) is 17.2 Å². The number of nitrogens with zero attached hydrogens (tertiary/aromatic N) is 1. The lowest BCUT2D eigenvalue weighted by atomic mass is 10.1. The molecule has 1 aliphatic heterocycles. The van der Waals surface area contributed by atoms with E-state index in [0.29, 0.717) is 22.6 Å². The molecule has 2 aromatic rings. The zero-order valence-electron chi connectivity index (χ0n) is 14.4. The maximum absolute atomic E-state index is 12.7. The van der Waals surface area contributed by atoms with Gasteiger partial charge in [-0.25, -0.2) is 0 Å². The first-order valence-corrected chi connectivity index (χ1v) is 7.88. The van der Waals surface area contributed by atoms with Gasteiger partial charge in [-0.05, 0) is 11.6 Å². The summed E-state index contributed by atoms with van der Waals surface area (Å²) in [7, 11) is 1.54. The number of carbonyl (C=O) groups is 1. The van der Waals surface area contributed by atoms with E-state index in [-0.39, 0.29) is 37.4 Å². The van der Waals surface area contributed by atoms with Crippen LogP contribution in [0.25, 0.3) is 0 Å². The van der Waals surface area contributed by atoms with Gasteiger partial charge < -0.3 is 24.8 Å². The smallest absolute Gasteiger partial charge is 0.387 e. The fourth-order valence-corrected chi connectivity index (χ4v) is 2.67. The number of likely N-dealkylation sites (N-methyl/N-ethyl adjacent to an activating group) is 1. The fraction of sp³-hybridized carbons (Fsp3) is 0.278. The average molecular weight is 401 g/mol. The Bertz CT molecular complexity index is 792. The molecule has 0 saturated heterocycles. The highest BCUT2D eigenvalue weighted by Crippen LogP contribution is 2.39. The number of amides is 1. The van der Waals surface area contributed by atoms with E-state index in [2.05, 4.69) is 4.74 Å². The summed E-state index contributed by atoms with van der Waals surface area (Å²) in [5, 5.41) is 0. The van der Waals surface area contributed by atoms with Crippen molar-refractivity contribution in [1.29, 1.82) is 0 Å². The van der Waals surface area contributed by atoms with E-state index in [1.54, 1.807) is 31.3 Å². The lowest BCUT2D eigenvalue weighted by molar-refractivity contribution is -0.132. The Morgan fingerprint density at radius 1 is 1.22 bits per heavy atom. The summed E-state index contributed by atoms with van der Waals surface area (Å²) < 4.78 is 40.4. The fourth-order valence-electron chi connectivity index (χ4n) is 2.67. The van der Waals surface area contributed by atoms with E-state index in [0.717, 1.165) is 0 Å². The lowest BCUT2D eigenvalue weighted by Crippen LogP contribution is -2.35. The molecule has 2 aromatic carbocycles. The molecule has 0 spiro atoms.